The molecule has 17 heavy (non-hydrogen) atoms. The maximum absolute atomic E-state index is 11.5. The molecular weight excluding hydrogens is 234 g/mol. The van der Waals surface area contributed by atoms with Gasteiger partial charge in [0.15, 0.2) is 0 Å². The topological polar surface area (TPSA) is 46.9 Å². The molecule has 5 heteroatoms. The monoisotopic (exact) mass is 249 g/mol. The standard InChI is InChI=1S/C12H15N3OS/c16-12(5-9-15-8-2-6-14-15)13-7-4-11-3-1-10-17-11/h1-3,6,8,10H,4-5,7,9H2,(H,13,16). The van der Waals surface area contributed by atoms with Crippen molar-refractivity contribution < 1.29 is 4.79 Å². The maximum Gasteiger partial charge on any atom is 0.221 e. The lowest BCUT2D eigenvalue weighted by Crippen LogP contribution is -2.26. The minimum Gasteiger partial charge on any atom is -0.356 e. The quantitative estimate of drug-likeness (QED) is 0.847. The average molecular weight is 249 g/mol. The highest BCUT2D eigenvalue weighted by molar-refractivity contribution is 7.09. The van der Waals surface area contributed by atoms with Crippen LogP contribution in [0.3, 0.4) is 0 Å². The molecule has 4 nitrogen and oxygen atoms in total. The molecule has 0 spiro atoms. The zero-order valence-electron chi connectivity index (χ0n) is 9.50. The molecule has 90 valence electrons. The summed E-state index contributed by atoms with van der Waals surface area (Å²) in [5, 5.41) is 9.01. The second kappa shape index (κ2) is 6.20. The average Bonchev–Trinajstić information content (AvgIpc) is 2.99. The van der Waals surface area contributed by atoms with E-state index in [2.05, 4.69) is 21.9 Å². The van der Waals surface area contributed by atoms with E-state index in [9.17, 15) is 4.79 Å². The lowest BCUT2D eigenvalue weighted by atomic mass is 10.3. The number of aryl methyl sites for hydroxylation is 1. The summed E-state index contributed by atoms with van der Waals surface area (Å²) >= 11 is 1.72. The zero-order chi connectivity index (χ0) is 11.9. The van der Waals surface area contributed by atoms with Gasteiger partial charge in [-0.15, -0.1) is 11.3 Å². The van der Waals surface area contributed by atoms with Crippen LogP contribution < -0.4 is 5.32 Å². The molecule has 1 N–H and O–H groups in total. The number of rotatable bonds is 6. The van der Waals surface area contributed by atoms with Gasteiger partial charge in [-0.05, 0) is 23.9 Å². The Labute approximate surface area is 104 Å². The largest absolute Gasteiger partial charge is 0.356 e. The van der Waals surface area contributed by atoms with E-state index in [0.717, 1.165) is 6.42 Å². The van der Waals surface area contributed by atoms with Crippen molar-refractivity contribution in [3.05, 3.63) is 40.8 Å². The van der Waals surface area contributed by atoms with E-state index in [4.69, 9.17) is 0 Å². The summed E-state index contributed by atoms with van der Waals surface area (Å²) in [4.78, 5) is 12.8. The SMILES string of the molecule is O=C(CCn1cccn1)NCCc1cccs1. The number of thiophene rings is 1. The van der Waals surface area contributed by atoms with Gasteiger partial charge in [0.05, 0.1) is 0 Å². The van der Waals surface area contributed by atoms with Gasteiger partial charge in [0.25, 0.3) is 0 Å². The van der Waals surface area contributed by atoms with Gasteiger partial charge in [-0.3, -0.25) is 9.48 Å². The van der Waals surface area contributed by atoms with Crippen LogP contribution in [0, 0.1) is 0 Å². The van der Waals surface area contributed by atoms with Gasteiger partial charge in [0, 0.05) is 36.8 Å². The molecule has 0 aliphatic rings. The number of nitrogens with one attached hydrogen (secondary N) is 1. The molecule has 0 aliphatic carbocycles. The Morgan fingerprint density at radius 3 is 3.12 bits per heavy atom. The molecule has 1 amide bonds. The van der Waals surface area contributed by atoms with Crippen molar-refractivity contribution in [2.24, 2.45) is 0 Å². The lowest BCUT2D eigenvalue weighted by Gasteiger charge is -2.04. The number of hydrogen-bond acceptors (Lipinski definition) is 3. The fourth-order valence-corrected chi connectivity index (χ4v) is 2.23. The van der Waals surface area contributed by atoms with E-state index < -0.39 is 0 Å². The summed E-state index contributed by atoms with van der Waals surface area (Å²) in [7, 11) is 0. The van der Waals surface area contributed by atoms with Crippen LogP contribution in [0.25, 0.3) is 0 Å². The molecule has 0 saturated heterocycles. The molecule has 2 rings (SSSR count). The molecule has 0 fully saturated rings. The molecule has 0 aliphatic heterocycles. The second-order valence-electron chi connectivity index (χ2n) is 3.70. The summed E-state index contributed by atoms with van der Waals surface area (Å²) in [6.07, 6.45) is 4.96. The highest BCUT2D eigenvalue weighted by Crippen LogP contribution is 2.07. The van der Waals surface area contributed by atoms with Crippen molar-refractivity contribution in [1.82, 2.24) is 15.1 Å². The van der Waals surface area contributed by atoms with E-state index in [-0.39, 0.29) is 5.91 Å². The number of aromatic nitrogens is 2. The molecule has 0 saturated carbocycles. The third-order valence-corrected chi connectivity index (χ3v) is 3.34. The Bertz CT molecular complexity index is 436. The molecule has 0 unspecified atom stereocenters. The van der Waals surface area contributed by atoms with E-state index >= 15 is 0 Å². The Hall–Kier alpha value is -1.62. The van der Waals surface area contributed by atoms with Crippen LogP contribution in [0.1, 0.15) is 11.3 Å². The van der Waals surface area contributed by atoms with E-state index in [1.54, 1.807) is 22.2 Å². The van der Waals surface area contributed by atoms with Gasteiger partial charge >= 0.3 is 0 Å². The first-order chi connectivity index (χ1) is 8.34. The van der Waals surface area contributed by atoms with Crippen LogP contribution in [-0.2, 0) is 17.8 Å². The first kappa shape index (κ1) is 11.9. The van der Waals surface area contributed by atoms with E-state index in [1.165, 1.54) is 4.88 Å². The van der Waals surface area contributed by atoms with E-state index in [0.29, 0.717) is 19.5 Å². The molecule has 2 heterocycles. The second-order valence-corrected chi connectivity index (χ2v) is 4.73. The number of amides is 1. The Morgan fingerprint density at radius 1 is 1.47 bits per heavy atom. The fraction of sp³-hybridized carbons (Fsp3) is 0.333. The number of carbonyl (C=O) groups excluding carboxylic acids is 1. The predicted molar refractivity (Wildman–Crippen MR) is 67.9 cm³/mol. The summed E-state index contributed by atoms with van der Waals surface area (Å²) in [5.41, 5.74) is 0. The van der Waals surface area contributed by atoms with Gasteiger partial charge < -0.3 is 5.32 Å². The number of carbonyl (C=O) groups is 1. The van der Waals surface area contributed by atoms with Crippen LogP contribution in [0.15, 0.2) is 36.0 Å². The van der Waals surface area contributed by atoms with E-state index in [1.807, 2.05) is 18.3 Å². The summed E-state index contributed by atoms with van der Waals surface area (Å²) in [6, 6.07) is 5.97. The van der Waals surface area contributed by atoms with Crippen molar-refractivity contribution in [1.29, 1.82) is 0 Å². The molecule has 2 aromatic rings. The van der Waals surface area contributed by atoms with Crippen molar-refractivity contribution in [2.75, 3.05) is 6.54 Å². The van der Waals surface area contributed by atoms with Crippen LogP contribution in [0.5, 0.6) is 0 Å². The smallest absolute Gasteiger partial charge is 0.221 e. The first-order valence-corrected chi connectivity index (χ1v) is 6.49. The summed E-state index contributed by atoms with van der Waals surface area (Å²) < 4.78 is 1.76. The third kappa shape index (κ3) is 4.03. The lowest BCUT2D eigenvalue weighted by molar-refractivity contribution is -0.121. The number of hydrogen-bond donors (Lipinski definition) is 1. The Balaban J connectivity index is 1.61. The summed E-state index contributed by atoms with van der Waals surface area (Å²) in [5.74, 6) is 0.0806. The van der Waals surface area contributed by atoms with Crippen LogP contribution in [-0.4, -0.2) is 22.2 Å². The molecular formula is C12H15N3OS. The van der Waals surface area contributed by atoms with Crippen molar-refractivity contribution in [3.8, 4) is 0 Å². The van der Waals surface area contributed by atoms with Crippen LogP contribution >= 0.6 is 11.3 Å². The van der Waals surface area contributed by atoms with Crippen LogP contribution in [0.4, 0.5) is 0 Å². The van der Waals surface area contributed by atoms with Gasteiger partial charge in [-0.25, -0.2) is 0 Å². The summed E-state index contributed by atoms with van der Waals surface area (Å²) in [6.45, 7) is 1.34. The van der Waals surface area contributed by atoms with Gasteiger partial charge in [-0.2, -0.15) is 5.10 Å². The van der Waals surface area contributed by atoms with Gasteiger partial charge in [0.1, 0.15) is 0 Å². The third-order valence-electron chi connectivity index (χ3n) is 2.40. The van der Waals surface area contributed by atoms with Crippen molar-refractivity contribution >= 4 is 17.2 Å². The highest BCUT2D eigenvalue weighted by atomic mass is 32.1. The van der Waals surface area contributed by atoms with Crippen molar-refractivity contribution in [2.45, 2.75) is 19.4 Å². The number of nitrogens with zero attached hydrogens (tertiary/aromatic N) is 2. The molecule has 0 aromatic carbocycles. The Morgan fingerprint density at radius 2 is 2.41 bits per heavy atom. The molecule has 0 atom stereocenters. The molecule has 0 radical (unpaired) electrons. The predicted octanol–water partition coefficient (Wildman–Crippen LogP) is 1.69. The van der Waals surface area contributed by atoms with Crippen molar-refractivity contribution in [3.63, 3.8) is 0 Å². The molecule has 2 aromatic heterocycles. The fourth-order valence-electron chi connectivity index (χ4n) is 1.52. The van der Waals surface area contributed by atoms with Gasteiger partial charge in [0.2, 0.25) is 5.91 Å². The maximum atomic E-state index is 11.5. The zero-order valence-corrected chi connectivity index (χ0v) is 10.3. The van der Waals surface area contributed by atoms with Gasteiger partial charge in [-0.1, -0.05) is 6.07 Å². The van der Waals surface area contributed by atoms with Crippen LogP contribution in [0.2, 0.25) is 0 Å². The normalized spacial score (nSPS) is 10.4. The first-order valence-electron chi connectivity index (χ1n) is 5.61. The Kier molecular flexibility index (Phi) is 4.32. The molecule has 0 bridgehead atoms. The highest BCUT2D eigenvalue weighted by Gasteiger charge is 2.01. The minimum absolute atomic E-state index is 0.0806. The minimum atomic E-state index is 0.0806.